The molecule has 19 N–H and O–H groups in total. The van der Waals surface area contributed by atoms with Gasteiger partial charge in [-0.15, -0.1) is 0 Å². The summed E-state index contributed by atoms with van der Waals surface area (Å²) in [6.07, 6.45) is -0.593. The maximum absolute atomic E-state index is 13.6. The van der Waals surface area contributed by atoms with E-state index in [0.717, 1.165) is 0 Å². The number of carboxylic acids is 1. The van der Waals surface area contributed by atoms with Crippen molar-refractivity contribution >= 4 is 54.0 Å². The fourth-order valence-electron chi connectivity index (χ4n) is 5.18. The van der Waals surface area contributed by atoms with Crippen molar-refractivity contribution in [3.8, 4) is 5.75 Å². The Morgan fingerprint density at radius 3 is 1.34 bits per heavy atom. The number of nitrogens with two attached hydrogens (primary N) is 5. The first-order chi connectivity index (χ1) is 26.5. The lowest BCUT2D eigenvalue weighted by atomic mass is 10.0. The number of aliphatic hydroxyl groups excluding tert-OH is 1. The van der Waals surface area contributed by atoms with E-state index >= 15 is 0 Å². The van der Waals surface area contributed by atoms with Crippen molar-refractivity contribution in [2.24, 2.45) is 28.7 Å². The number of aliphatic carboxylic acids is 1. The maximum atomic E-state index is 13.6. The summed E-state index contributed by atoms with van der Waals surface area (Å²) in [6.45, 7) is 1.41. The second kappa shape index (κ2) is 26.3. The van der Waals surface area contributed by atoms with E-state index in [1.54, 1.807) is 0 Å². The monoisotopic (exact) mass is 813 g/mol. The van der Waals surface area contributed by atoms with E-state index in [2.05, 4.69) is 44.5 Å². The third-order valence-electron chi connectivity index (χ3n) is 8.47. The summed E-state index contributed by atoms with van der Waals surface area (Å²) >= 11 is 4.13. The zero-order valence-corrected chi connectivity index (χ0v) is 32.3. The summed E-state index contributed by atoms with van der Waals surface area (Å²) in [5, 5.41) is 43.8. The number of unbranched alkanes of at least 4 members (excludes halogenated alkanes) is 1. The Kier molecular flexibility index (Phi) is 23.2. The van der Waals surface area contributed by atoms with Gasteiger partial charge in [-0.3, -0.25) is 28.8 Å². The molecule has 316 valence electrons. The van der Waals surface area contributed by atoms with Crippen LogP contribution < -0.4 is 60.6 Å². The molecular weight excluding hydrogens is 755 g/mol. The summed E-state index contributed by atoms with van der Waals surface area (Å²) in [5.74, 6) is -6.55. The van der Waals surface area contributed by atoms with Crippen molar-refractivity contribution in [3.05, 3.63) is 29.8 Å². The number of nitrogens with one attached hydrogen (secondary N) is 6. The highest BCUT2D eigenvalue weighted by atomic mass is 32.1. The first kappa shape index (κ1) is 49.4. The predicted molar refractivity (Wildman–Crippen MR) is 208 cm³/mol. The topological polar surface area (TPSA) is 382 Å². The SMILES string of the molecule is C[C@@H](O)[C@H](N)C(=O)N[C@H](CCN)C(=O)N[C@@H](CCCCN)C(=O)N[C@@H](CCN)C(=O)N[C@@H](CCN)C(=O)N[C@@H](CS)C(=O)N[C@@H](Cc1ccc(O)cc1)C(=O)O. The minimum Gasteiger partial charge on any atom is -0.508 e. The van der Waals surface area contributed by atoms with Gasteiger partial charge >= 0.3 is 5.97 Å². The highest BCUT2D eigenvalue weighted by Gasteiger charge is 2.33. The van der Waals surface area contributed by atoms with Crippen molar-refractivity contribution in [3.63, 3.8) is 0 Å². The summed E-state index contributed by atoms with van der Waals surface area (Å²) < 4.78 is 0. The standard InChI is InChI=1S/C34H59N11O10S/c1-18(46)27(39)33(53)43-24(11-15-38)30(50)40-21(4-2-3-12-35)28(48)41-22(9-13-36)29(49)42-23(10-14-37)31(51)45-26(17-56)32(52)44-25(34(54)55)16-19-5-7-20(47)8-6-19/h5-8,18,21-27,46-47,56H,2-4,9-17,35-39H2,1H3,(H,40,50)(H,41,48)(H,42,49)(H,43,53)(H,44,52)(H,45,51)(H,54,55)/t18-,21+,22+,23+,24-,25+,26+,27+/m1/s1. The Morgan fingerprint density at radius 2 is 0.964 bits per heavy atom. The Bertz CT molecular complexity index is 1440. The molecule has 0 bridgehead atoms. The van der Waals surface area contributed by atoms with Crippen molar-refractivity contribution < 1.29 is 48.9 Å². The second-order valence-electron chi connectivity index (χ2n) is 13.0. The van der Waals surface area contributed by atoms with Gasteiger partial charge in [0.1, 0.15) is 48.0 Å². The first-order valence-corrected chi connectivity index (χ1v) is 18.8. The van der Waals surface area contributed by atoms with Crippen LogP contribution in [-0.2, 0) is 40.0 Å². The number of amides is 6. The largest absolute Gasteiger partial charge is 0.508 e. The molecule has 0 heterocycles. The summed E-state index contributed by atoms with van der Waals surface area (Å²) in [5.41, 5.74) is 28.9. The number of carbonyl (C=O) groups is 7. The fourth-order valence-corrected chi connectivity index (χ4v) is 5.44. The molecule has 0 unspecified atom stereocenters. The predicted octanol–water partition coefficient (Wildman–Crippen LogP) is -5.26. The maximum Gasteiger partial charge on any atom is 0.326 e. The molecular formula is C34H59N11O10S. The van der Waals surface area contributed by atoms with Gasteiger partial charge in [0.25, 0.3) is 0 Å². The number of phenols is 1. The average molecular weight is 814 g/mol. The molecule has 0 aliphatic rings. The van der Waals surface area contributed by atoms with Crippen LogP contribution in [0.25, 0.3) is 0 Å². The molecule has 1 rings (SSSR count). The van der Waals surface area contributed by atoms with E-state index in [0.29, 0.717) is 24.9 Å². The van der Waals surface area contributed by atoms with E-state index in [1.807, 2.05) is 0 Å². The summed E-state index contributed by atoms with van der Waals surface area (Å²) in [4.78, 5) is 91.2. The van der Waals surface area contributed by atoms with Crippen LogP contribution in [0.2, 0.25) is 0 Å². The zero-order chi connectivity index (χ0) is 42.4. The molecule has 0 saturated heterocycles. The number of rotatable bonds is 27. The Morgan fingerprint density at radius 1 is 0.589 bits per heavy atom. The molecule has 6 amide bonds. The number of aliphatic hydroxyl groups is 1. The lowest BCUT2D eigenvalue weighted by Gasteiger charge is -2.27. The van der Waals surface area contributed by atoms with Crippen molar-refractivity contribution in [2.45, 2.75) is 100 Å². The molecule has 0 aliphatic heterocycles. The van der Waals surface area contributed by atoms with Gasteiger partial charge < -0.3 is 75.9 Å². The van der Waals surface area contributed by atoms with Crippen LogP contribution in [-0.4, -0.2) is 137 Å². The van der Waals surface area contributed by atoms with E-state index in [-0.39, 0.29) is 63.2 Å². The van der Waals surface area contributed by atoms with Gasteiger partial charge in [0, 0.05) is 12.2 Å². The third kappa shape index (κ3) is 17.5. The zero-order valence-electron chi connectivity index (χ0n) is 31.4. The Balaban J connectivity index is 3.12. The fraction of sp³-hybridized carbons (Fsp3) is 0.618. The molecule has 1 aromatic carbocycles. The highest BCUT2D eigenvalue weighted by molar-refractivity contribution is 7.80. The number of hydrogen-bond donors (Lipinski definition) is 15. The molecule has 0 spiro atoms. The van der Waals surface area contributed by atoms with Gasteiger partial charge in [0.15, 0.2) is 0 Å². The third-order valence-corrected chi connectivity index (χ3v) is 8.84. The van der Waals surface area contributed by atoms with Gasteiger partial charge in [0.2, 0.25) is 35.4 Å². The Labute approximate surface area is 330 Å². The molecule has 0 saturated carbocycles. The second-order valence-corrected chi connectivity index (χ2v) is 13.4. The smallest absolute Gasteiger partial charge is 0.326 e. The molecule has 21 nitrogen and oxygen atoms in total. The van der Waals surface area contributed by atoms with Crippen molar-refractivity contribution in [1.82, 2.24) is 31.9 Å². The van der Waals surface area contributed by atoms with Gasteiger partial charge in [-0.1, -0.05) is 12.1 Å². The quantitative estimate of drug-likeness (QED) is 0.0291. The van der Waals surface area contributed by atoms with Gasteiger partial charge in [-0.2, -0.15) is 12.6 Å². The van der Waals surface area contributed by atoms with Crippen LogP contribution >= 0.6 is 12.6 Å². The van der Waals surface area contributed by atoms with Gasteiger partial charge in [0.05, 0.1) is 6.10 Å². The molecule has 0 aliphatic carbocycles. The number of phenolic OH excluding ortho intramolecular Hbond substituents is 1. The van der Waals surface area contributed by atoms with Crippen molar-refractivity contribution in [2.75, 3.05) is 31.9 Å². The molecule has 22 heteroatoms. The van der Waals surface area contributed by atoms with E-state index in [4.69, 9.17) is 28.7 Å². The number of thiol groups is 1. The minimum absolute atomic E-state index is 0.0219. The molecule has 0 radical (unpaired) electrons. The van der Waals surface area contributed by atoms with Crippen LogP contribution in [0.5, 0.6) is 5.75 Å². The van der Waals surface area contributed by atoms with E-state index in [9.17, 15) is 48.9 Å². The van der Waals surface area contributed by atoms with Crippen LogP contribution in [0.15, 0.2) is 24.3 Å². The number of carboxylic acid groups (broad SMARTS) is 1. The van der Waals surface area contributed by atoms with Crippen LogP contribution in [0, 0.1) is 0 Å². The van der Waals surface area contributed by atoms with Crippen LogP contribution in [0.1, 0.15) is 51.0 Å². The van der Waals surface area contributed by atoms with Gasteiger partial charge in [-0.25, -0.2) is 4.79 Å². The van der Waals surface area contributed by atoms with Gasteiger partial charge in [-0.05, 0) is 89.3 Å². The van der Waals surface area contributed by atoms with E-state index < -0.39 is 89.8 Å². The highest BCUT2D eigenvalue weighted by Crippen LogP contribution is 2.12. The van der Waals surface area contributed by atoms with Crippen LogP contribution in [0.4, 0.5) is 0 Å². The number of benzene rings is 1. The average Bonchev–Trinajstić information content (AvgIpc) is 3.15. The molecule has 0 aromatic heterocycles. The number of hydrogen-bond acceptors (Lipinski definition) is 15. The molecule has 56 heavy (non-hydrogen) atoms. The summed E-state index contributed by atoms with van der Waals surface area (Å²) in [7, 11) is 0. The number of aromatic hydroxyl groups is 1. The van der Waals surface area contributed by atoms with Crippen LogP contribution in [0.3, 0.4) is 0 Å². The van der Waals surface area contributed by atoms with Crippen molar-refractivity contribution in [1.29, 1.82) is 0 Å². The Hall–Kier alpha value is -4.58. The molecule has 8 atom stereocenters. The first-order valence-electron chi connectivity index (χ1n) is 18.2. The molecule has 0 fully saturated rings. The lowest BCUT2D eigenvalue weighted by Crippen LogP contribution is -2.60. The number of carbonyl (C=O) groups excluding carboxylic acids is 6. The lowest BCUT2D eigenvalue weighted by molar-refractivity contribution is -0.142. The molecule has 1 aromatic rings. The van der Waals surface area contributed by atoms with E-state index in [1.165, 1.54) is 31.2 Å². The minimum atomic E-state index is -1.39. The normalized spacial score (nSPS) is 15.4. The summed E-state index contributed by atoms with van der Waals surface area (Å²) in [6, 6.07) is -3.40.